The van der Waals surface area contributed by atoms with E-state index in [1.807, 2.05) is 0 Å². The minimum absolute atomic E-state index is 0.781. The second-order valence-electron chi connectivity index (χ2n) is 3.53. The lowest BCUT2D eigenvalue weighted by Crippen LogP contribution is -2.01. The highest BCUT2D eigenvalue weighted by Gasteiger charge is 2.09. The Morgan fingerprint density at radius 3 is 2.07 bits per heavy atom. The number of ether oxygens (including phenoxy) is 1. The van der Waals surface area contributed by atoms with E-state index in [-0.39, 0.29) is 0 Å². The molecule has 1 aromatic rings. The number of halogens is 2. The van der Waals surface area contributed by atoms with Gasteiger partial charge in [0.25, 0.3) is 0 Å². The van der Waals surface area contributed by atoms with Gasteiger partial charge in [-0.25, -0.2) is 0 Å². The van der Waals surface area contributed by atoms with Gasteiger partial charge in [0.15, 0.2) is 0 Å². The standard InChI is InChI=1S/C12H16Br2O/c1-3-4-15-12-10(7-13)5-9(2)6-11(12)8-14/h5-6H,3-4,7-8H2,1-2H3. The summed E-state index contributed by atoms with van der Waals surface area (Å²) in [5.41, 5.74) is 3.75. The Balaban J connectivity index is 3.06. The maximum absolute atomic E-state index is 5.79. The Morgan fingerprint density at radius 2 is 1.67 bits per heavy atom. The van der Waals surface area contributed by atoms with Crippen LogP contribution in [-0.4, -0.2) is 6.61 Å². The number of hydrogen-bond donors (Lipinski definition) is 0. The first-order chi connectivity index (χ1) is 7.22. The van der Waals surface area contributed by atoms with Crippen molar-refractivity contribution in [1.29, 1.82) is 0 Å². The normalized spacial score (nSPS) is 10.4. The minimum Gasteiger partial charge on any atom is -0.493 e. The molecule has 0 bridgehead atoms. The SMILES string of the molecule is CCCOc1c(CBr)cc(C)cc1CBr. The molecule has 0 saturated heterocycles. The van der Waals surface area contributed by atoms with Crippen LogP contribution >= 0.6 is 31.9 Å². The van der Waals surface area contributed by atoms with Crippen molar-refractivity contribution in [3.8, 4) is 5.75 Å². The van der Waals surface area contributed by atoms with E-state index < -0.39 is 0 Å². The van der Waals surface area contributed by atoms with Crippen molar-refractivity contribution in [2.24, 2.45) is 0 Å². The zero-order valence-corrected chi connectivity index (χ0v) is 12.3. The molecule has 15 heavy (non-hydrogen) atoms. The molecule has 3 heteroatoms. The lowest BCUT2D eigenvalue weighted by Gasteiger charge is -2.14. The molecule has 0 heterocycles. The molecule has 1 aromatic carbocycles. The molecule has 0 aromatic heterocycles. The van der Waals surface area contributed by atoms with Crippen molar-refractivity contribution in [1.82, 2.24) is 0 Å². The highest BCUT2D eigenvalue weighted by Crippen LogP contribution is 2.29. The molecule has 0 unspecified atom stereocenters. The third-order valence-electron chi connectivity index (χ3n) is 2.13. The van der Waals surface area contributed by atoms with Crippen molar-refractivity contribution < 1.29 is 4.74 Å². The largest absolute Gasteiger partial charge is 0.493 e. The summed E-state index contributed by atoms with van der Waals surface area (Å²) in [5.74, 6) is 1.04. The van der Waals surface area contributed by atoms with Crippen molar-refractivity contribution in [3.05, 3.63) is 28.8 Å². The first-order valence-corrected chi connectivity index (χ1v) is 7.34. The fraction of sp³-hybridized carbons (Fsp3) is 0.500. The van der Waals surface area contributed by atoms with Gasteiger partial charge in [0.1, 0.15) is 5.75 Å². The highest BCUT2D eigenvalue weighted by molar-refractivity contribution is 9.08. The third-order valence-corrected chi connectivity index (χ3v) is 3.33. The van der Waals surface area contributed by atoms with Crippen LogP contribution in [0.1, 0.15) is 30.0 Å². The van der Waals surface area contributed by atoms with Crippen molar-refractivity contribution in [2.45, 2.75) is 30.9 Å². The van der Waals surface area contributed by atoms with Gasteiger partial charge in [-0.1, -0.05) is 56.5 Å². The zero-order valence-electron chi connectivity index (χ0n) is 9.15. The molecule has 1 nitrogen and oxygen atoms in total. The topological polar surface area (TPSA) is 9.23 Å². The van der Waals surface area contributed by atoms with Crippen LogP contribution in [0.4, 0.5) is 0 Å². The molecule has 0 aliphatic rings. The van der Waals surface area contributed by atoms with E-state index in [4.69, 9.17) is 4.74 Å². The summed E-state index contributed by atoms with van der Waals surface area (Å²) in [6.07, 6.45) is 1.04. The summed E-state index contributed by atoms with van der Waals surface area (Å²) in [6.45, 7) is 5.01. The van der Waals surface area contributed by atoms with Gasteiger partial charge in [-0.05, 0) is 13.3 Å². The van der Waals surface area contributed by atoms with Gasteiger partial charge in [-0.15, -0.1) is 0 Å². The molecule has 0 spiro atoms. The van der Waals surface area contributed by atoms with E-state index in [0.29, 0.717) is 0 Å². The molecule has 0 amide bonds. The van der Waals surface area contributed by atoms with E-state index in [1.54, 1.807) is 0 Å². The molecule has 0 aliphatic heterocycles. The average Bonchev–Trinajstić information content (AvgIpc) is 2.26. The van der Waals surface area contributed by atoms with Crippen LogP contribution in [0, 0.1) is 6.92 Å². The summed E-state index contributed by atoms with van der Waals surface area (Å²) in [5, 5.41) is 1.68. The Hall–Kier alpha value is -0.0200. The number of hydrogen-bond acceptors (Lipinski definition) is 1. The Kier molecular flexibility index (Phi) is 5.69. The average molecular weight is 336 g/mol. The van der Waals surface area contributed by atoms with Gasteiger partial charge in [0.2, 0.25) is 0 Å². The Bertz CT molecular complexity index is 298. The molecule has 0 radical (unpaired) electrons. The van der Waals surface area contributed by atoms with Crippen LogP contribution in [0.3, 0.4) is 0 Å². The maximum atomic E-state index is 5.79. The Morgan fingerprint density at radius 1 is 1.13 bits per heavy atom. The molecule has 0 atom stereocenters. The minimum atomic E-state index is 0.781. The summed E-state index contributed by atoms with van der Waals surface area (Å²) in [7, 11) is 0. The number of alkyl halides is 2. The molecule has 0 fully saturated rings. The third kappa shape index (κ3) is 3.49. The van der Waals surface area contributed by atoms with E-state index in [2.05, 4.69) is 57.8 Å². The predicted octanol–water partition coefficient (Wildman–Crippen LogP) is 4.57. The van der Waals surface area contributed by atoms with Crippen LogP contribution in [0.5, 0.6) is 5.75 Å². The number of aryl methyl sites for hydroxylation is 1. The van der Waals surface area contributed by atoms with Crippen LogP contribution in [0.25, 0.3) is 0 Å². The Labute approximate surface area is 108 Å². The maximum Gasteiger partial charge on any atom is 0.127 e. The smallest absolute Gasteiger partial charge is 0.127 e. The van der Waals surface area contributed by atoms with Crippen LogP contribution in [0.15, 0.2) is 12.1 Å². The lowest BCUT2D eigenvalue weighted by atomic mass is 10.1. The summed E-state index contributed by atoms with van der Waals surface area (Å²) >= 11 is 7.00. The number of rotatable bonds is 5. The van der Waals surface area contributed by atoms with Crippen LogP contribution in [-0.2, 0) is 10.7 Å². The second kappa shape index (κ2) is 6.54. The van der Waals surface area contributed by atoms with Gasteiger partial charge in [0, 0.05) is 21.8 Å². The summed E-state index contributed by atoms with van der Waals surface area (Å²) < 4.78 is 5.79. The first-order valence-electron chi connectivity index (χ1n) is 5.10. The van der Waals surface area contributed by atoms with Gasteiger partial charge < -0.3 is 4.74 Å². The number of benzene rings is 1. The van der Waals surface area contributed by atoms with Gasteiger partial charge in [0.05, 0.1) is 6.61 Å². The highest BCUT2D eigenvalue weighted by atomic mass is 79.9. The molecule has 0 N–H and O–H groups in total. The van der Waals surface area contributed by atoms with Crippen molar-refractivity contribution >= 4 is 31.9 Å². The zero-order chi connectivity index (χ0) is 11.3. The van der Waals surface area contributed by atoms with Gasteiger partial charge in [-0.3, -0.25) is 0 Å². The van der Waals surface area contributed by atoms with Crippen LogP contribution < -0.4 is 4.74 Å². The molecule has 0 aliphatic carbocycles. The summed E-state index contributed by atoms with van der Waals surface area (Å²) in [4.78, 5) is 0. The lowest BCUT2D eigenvalue weighted by molar-refractivity contribution is 0.313. The summed E-state index contributed by atoms with van der Waals surface area (Å²) in [6, 6.07) is 4.35. The molecule has 0 saturated carbocycles. The van der Waals surface area contributed by atoms with E-state index in [1.165, 1.54) is 16.7 Å². The molecule has 84 valence electrons. The fourth-order valence-corrected chi connectivity index (χ4v) is 2.35. The quantitative estimate of drug-likeness (QED) is 0.716. The predicted molar refractivity (Wildman–Crippen MR) is 72.2 cm³/mol. The fourth-order valence-electron chi connectivity index (χ4n) is 1.52. The molecule has 1 rings (SSSR count). The van der Waals surface area contributed by atoms with E-state index in [0.717, 1.165) is 29.4 Å². The molecular weight excluding hydrogens is 320 g/mol. The van der Waals surface area contributed by atoms with E-state index >= 15 is 0 Å². The van der Waals surface area contributed by atoms with E-state index in [9.17, 15) is 0 Å². The van der Waals surface area contributed by atoms with Crippen molar-refractivity contribution in [3.63, 3.8) is 0 Å². The first kappa shape index (κ1) is 13.0. The molecular formula is C12H16Br2O. The monoisotopic (exact) mass is 334 g/mol. The van der Waals surface area contributed by atoms with Gasteiger partial charge in [-0.2, -0.15) is 0 Å². The van der Waals surface area contributed by atoms with Crippen molar-refractivity contribution in [2.75, 3.05) is 6.61 Å². The van der Waals surface area contributed by atoms with Gasteiger partial charge >= 0.3 is 0 Å². The second-order valence-corrected chi connectivity index (χ2v) is 4.65. The van der Waals surface area contributed by atoms with Crippen LogP contribution in [0.2, 0.25) is 0 Å².